The van der Waals surface area contributed by atoms with Crippen molar-refractivity contribution in [2.75, 3.05) is 6.61 Å². The number of carbonyl (C=O) groups is 1. The molecule has 0 radical (unpaired) electrons. The second kappa shape index (κ2) is 3.42. The van der Waals surface area contributed by atoms with Crippen molar-refractivity contribution >= 4 is 5.97 Å². The molecule has 0 spiro atoms. The lowest BCUT2D eigenvalue weighted by atomic mass is 10.2. The van der Waals surface area contributed by atoms with E-state index in [-0.39, 0.29) is 12.0 Å². The minimum Gasteiger partial charge on any atom is -0.464 e. The number of rotatable bonds is 2. The fourth-order valence-electron chi connectivity index (χ4n) is 1.13. The zero-order valence-electron chi connectivity index (χ0n) is 6.72. The van der Waals surface area contributed by atoms with Crippen LogP contribution in [0.1, 0.15) is 19.8 Å². The number of hydrogen-bond acceptors (Lipinski definition) is 3. The number of nitrogens with one attached hydrogen (secondary N) is 1. The molecule has 1 atom stereocenters. The summed E-state index contributed by atoms with van der Waals surface area (Å²) in [6.07, 6.45) is 1.70. The number of ether oxygens (including phenoxy) is 1. The highest BCUT2D eigenvalue weighted by Gasteiger charge is 2.24. The predicted octanol–water partition coefficient (Wildman–Crippen LogP) is 0.815. The Morgan fingerprint density at radius 3 is 3.09 bits per heavy atom. The Morgan fingerprint density at radius 1 is 1.91 bits per heavy atom. The van der Waals surface area contributed by atoms with E-state index >= 15 is 0 Å². The maximum absolute atomic E-state index is 11.1. The molecule has 0 aromatic rings. The second-order valence-corrected chi connectivity index (χ2v) is 2.59. The highest BCUT2D eigenvalue weighted by atomic mass is 16.5. The van der Waals surface area contributed by atoms with Crippen molar-refractivity contribution in [1.82, 2.24) is 5.32 Å². The lowest BCUT2D eigenvalue weighted by molar-refractivity contribution is -0.145. The second-order valence-electron chi connectivity index (χ2n) is 2.59. The maximum Gasteiger partial charge on any atom is 0.328 e. The lowest BCUT2D eigenvalue weighted by Gasteiger charge is -2.08. The quantitative estimate of drug-likeness (QED) is 0.600. The average Bonchev–Trinajstić information content (AvgIpc) is 2.36. The molecule has 0 amide bonds. The molecule has 0 bridgehead atoms. The summed E-state index contributed by atoms with van der Waals surface area (Å²) in [6.45, 7) is 5.98. The van der Waals surface area contributed by atoms with Gasteiger partial charge in [0.15, 0.2) is 0 Å². The van der Waals surface area contributed by atoms with Gasteiger partial charge in [-0.1, -0.05) is 6.58 Å². The van der Waals surface area contributed by atoms with Crippen molar-refractivity contribution < 1.29 is 9.53 Å². The van der Waals surface area contributed by atoms with Gasteiger partial charge in [0.25, 0.3) is 0 Å². The third-order valence-electron chi connectivity index (χ3n) is 1.68. The third kappa shape index (κ3) is 1.97. The van der Waals surface area contributed by atoms with E-state index < -0.39 is 0 Å². The van der Waals surface area contributed by atoms with Crippen molar-refractivity contribution in [1.29, 1.82) is 0 Å². The first-order chi connectivity index (χ1) is 5.24. The molecule has 0 unspecified atom stereocenters. The van der Waals surface area contributed by atoms with Crippen molar-refractivity contribution in [2.45, 2.75) is 25.8 Å². The van der Waals surface area contributed by atoms with Gasteiger partial charge in [-0.2, -0.15) is 0 Å². The summed E-state index contributed by atoms with van der Waals surface area (Å²) in [7, 11) is 0. The molecule has 0 saturated carbocycles. The molecule has 62 valence electrons. The summed E-state index contributed by atoms with van der Waals surface area (Å²) >= 11 is 0. The molecule has 1 aliphatic rings. The van der Waals surface area contributed by atoms with Crippen LogP contribution in [0, 0.1) is 0 Å². The average molecular weight is 155 g/mol. The van der Waals surface area contributed by atoms with Gasteiger partial charge in [0.2, 0.25) is 0 Å². The van der Waals surface area contributed by atoms with Crippen LogP contribution in [0.3, 0.4) is 0 Å². The summed E-state index contributed by atoms with van der Waals surface area (Å²) in [5, 5.41) is 2.97. The van der Waals surface area contributed by atoms with Gasteiger partial charge in [-0.3, -0.25) is 0 Å². The van der Waals surface area contributed by atoms with Gasteiger partial charge in [0.1, 0.15) is 6.04 Å². The topological polar surface area (TPSA) is 38.3 Å². The molecular weight excluding hydrogens is 142 g/mol. The summed E-state index contributed by atoms with van der Waals surface area (Å²) in [5.41, 5.74) is 0.933. The van der Waals surface area contributed by atoms with Crippen molar-refractivity contribution in [3.8, 4) is 0 Å². The smallest absolute Gasteiger partial charge is 0.328 e. The van der Waals surface area contributed by atoms with Gasteiger partial charge in [-0.05, 0) is 19.8 Å². The van der Waals surface area contributed by atoms with E-state index in [1.807, 2.05) is 6.92 Å². The Balaban J connectivity index is 2.37. The van der Waals surface area contributed by atoms with E-state index in [4.69, 9.17) is 4.74 Å². The van der Waals surface area contributed by atoms with Gasteiger partial charge in [0, 0.05) is 5.70 Å². The van der Waals surface area contributed by atoms with Crippen molar-refractivity contribution in [2.24, 2.45) is 0 Å². The first-order valence-electron chi connectivity index (χ1n) is 3.85. The molecule has 1 N–H and O–H groups in total. The van der Waals surface area contributed by atoms with Crippen molar-refractivity contribution in [3.63, 3.8) is 0 Å². The standard InChI is InChI=1S/C8H13NO2/c1-3-11-8(10)7-5-4-6(2)9-7/h7,9H,2-5H2,1H3/t7-/m1/s1. The Kier molecular flexibility index (Phi) is 2.52. The highest BCUT2D eigenvalue weighted by molar-refractivity contribution is 5.76. The van der Waals surface area contributed by atoms with Gasteiger partial charge < -0.3 is 10.1 Å². The van der Waals surface area contributed by atoms with Crippen LogP contribution >= 0.6 is 0 Å². The minimum atomic E-state index is -0.161. The SMILES string of the molecule is C=C1CC[C@H](C(=O)OCC)N1. The first kappa shape index (κ1) is 8.11. The van der Waals surface area contributed by atoms with Crippen LogP contribution in [0.2, 0.25) is 0 Å². The largest absolute Gasteiger partial charge is 0.464 e. The summed E-state index contributed by atoms with van der Waals surface area (Å²) in [6, 6.07) is -0.151. The molecule has 1 fully saturated rings. The number of carbonyl (C=O) groups excluding carboxylic acids is 1. The summed E-state index contributed by atoms with van der Waals surface area (Å²) in [5.74, 6) is -0.161. The number of esters is 1. The zero-order chi connectivity index (χ0) is 8.27. The van der Waals surface area contributed by atoms with Crippen LogP contribution in [0.4, 0.5) is 0 Å². The Bertz CT molecular complexity index is 177. The Morgan fingerprint density at radius 2 is 2.64 bits per heavy atom. The number of hydrogen-bond donors (Lipinski definition) is 1. The molecular formula is C8H13NO2. The summed E-state index contributed by atoms with van der Waals surface area (Å²) < 4.78 is 4.83. The zero-order valence-corrected chi connectivity index (χ0v) is 6.72. The van der Waals surface area contributed by atoms with Crippen LogP contribution in [0.15, 0.2) is 12.3 Å². The normalized spacial score (nSPS) is 23.0. The molecule has 1 rings (SSSR count). The van der Waals surface area contributed by atoms with Crippen LogP contribution in [0.5, 0.6) is 0 Å². The monoisotopic (exact) mass is 155 g/mol. The van der Waals surface area contributed by atoms with Crippen LogP contribution < -0.4 is 5.32 Å². The third-order valence-corrected chi connectivity index (χ3v) is 1.68. The van der Waals surface area contributed by atoms with E-state index in [1.54, 1.807) is 0 Å². The lowest BCUT2D eigenvalue weighted by Crippen LogP contribution is -2.31. The first-order valence-corrected chi connectivity index (χ1v) is 3.85. The van der Waals surface area contributed by atoms with Gasteiger partial charge in [-0.15, -0.1) is 0 Å². The summed E-state index contributed by atoms with van der Waals surface area (Å²) in [4.78, 5) is 11.1. The van der Waals surface area contributed by atoms with Gasteiger partial charge >= 0.3 is 5.97 Å². The predicted molar refractivity (Wildman–Crippen MR) is 41.9 cm³/mol. The fourth-order valence-corrected chi connectivity index (χ4v) is 1.13. The van der Waals surface area contributed by atoms with E-state index in [0.29, 0.717) is 6.61 Å². The maximum atomic E-state index is 11.1. The highest BCUT2D eigenvalue weighted by Crippen LogP contribution is 2.14. The van der Waals surface area contributed by atoms with Crippen LogP contribution in [-0.2, 0) is 9.53 Å². The molecule has 0 aromatic carbocycles. The molecule has 11 heavy (non-hydrogen) atoms. The minimum absolute atomic E-state index is 0.151. The van der Waals surface area contributed by atoms with E-state index in [0.717, 1.165) is 18.5 Å². The molecule has 0 aliphatic carbocycles. The Labute approximate surface area is 66.4 Å². The molecule has 1 heterocycles. The fraction of sp³-hybridized carbons (Fsp3) is 0.625. The molecule has 3 nitrogen and oxygen atoms in total. The van der Waals surface area contributed by atoms with E-state index in [9.17, 15) is 4.79 Å². The molecule has 3 heteroatoms. The van der Waals surface area contributed by atoms with Crippen molar-refractivity contribution in [3.05, 3.63) is 12.3 Å². The molecule has 0 aromatic heterocycles. The van der Waals surface area contributed by atoms with E-state index in [1.165, 1.54) is 0 Å². The number of allylic oxidation sites excluding steroid dienone is 1. The Hall–Kier alpha value is -0.990. The molecule has 1 aliphatic heterocycles. The van der Waals surface area contributed by atoms with E-state index in [2.05, 4.69) is 11.9 Å². The van der Waals surface area contributed by atoms with Crippen LogP contribution in [-0.4, -0.2) is 18.6 Å². The molecule has 1 saturated heterocycles. The van der Waals surface area contributed by atoms with Gasteiger partial charge in [-0.25, -0.2) is 4.79 Å². The van der Waals surface area contributed by atoms with Crippen LogP contribution in [0.25, 0.3) is 0 Å². The van der Waals surface area contributed by atoms with Gasteiger partial charge in [0.05, 0.1) is 6.61 Å².